The molecule has 2 atom stereocenters. The molecule has 18 heavy (non-hydrogen) atoms. The summed E-state index contributed by atoms with van der Waals surface area (Å²) in [5, 5.41) is 0. The van der Waals surface area contributed by atoms with Gasteiger partial charge in [0.1, 0.15) is 5.82 Å². The molecule has 3 heteroatoms. The molecule has 0 aromatic heterocycles. The summed E-state index contributed by atoms with van der Waals surface area (Å²) in [5.74, 6) is -0.165. The lowest BCUT2D eigenvalue weighted by molar-refractivity contribution is 0.210. The van der Waals surface area contributed by atoms with Crippen molar-refractivity contribution < 1.29 is 4.39 Å². The molecule has 0 radical (unpaired) electrons. The third kappa shape index (κ3) is 4.07. The van der Waals surface area contributed by atoms with E-state index in [-0.39, 0.29) is 17.9 Å². The molecule has 0 aliphatic carbocycles. The Balaban J connectivity index is 2.79. The van der Waals surface area contributed by atoms with Crippen LogP contribution in [0.1, 0.15) is 44.7 Å². The van der Waals surface area contributed by atoms with Crippen LogP contribution in [0.5, 0.6) is 0 Å². The van der Waals surface area contributed by atoms with Gasteiger partial charge < -0.3 is 5.73 Å². The van der Waals surface area contributed by atoms with E-state index < -0.39 is 0 Å². The van der Waals surface area contributed by atoms with Crippen LogP contribution >= 0.6 is 0 Å². The van der Waals surface area contributed by atoms with E-state index in [1.807, 2.05) is 26.1 Å². The van der Waals surface area contributed by atoms with E-state index in [1.54, 1.807) is 6.07 Å². The first-order valence-corrected chi connectivity index (χ1v) is 6.78. The van der Waals surface area contributed by atoms with Crippen LogP contribution in [-0.2, 0) is 0 Å². The van der Waals surface area contributed by atoms with Gasteiger partial charge in [-0.2, -0.15) is 0 Å². The average molecular weight is 252 g/mol. The van der Waals surface area contributed by atoms with E-state index in [2.05, 4.69) is 11.8 Å². The summed E-state index contributed by atoms with van der Waals surface area (Å²) in [7, 11) is 2.02. The first kappa shape index (κ1) is 15.1. The number of hydrogen-bond donors (Lipinski definition) is 1. The maximum absolute atomic E-state index is 13.9. The van der Waals surface area contributed by atoms with Crippen molar-refractivity contribution in [1.82, 2.24) is 4.90 Å². The zero-order valence-corrected chi connectivity index (χ0v) is 11.7. The molecule has 0 spiro atoms. The molecule has 1 rings (SSSR count). The third-order valence-corrected chi connectivity index (χ3v) is 3.31. The second kappa shape index (κ2) is 7.49. The Kier molecular flexibility index (Phi) is 6.30. The van der Waals surface area contributed by atoms with Crippen molar-refractivity contribution in [3.8, 4) is 0 Å². The summed E-state index contributed by atoms with van der Waals surface area (Å²) in [6, 6.07) is 6.78. The van der Waals surface area contributed by atoms with Crippen molar-refractivity contribution in [2.45, 2.75) is 45.2 Å². The smallest absolute Gasteiger partial charge is 0.128 e. The van der Waals surface area contributed by atoms with Crippen LogP contribution in [0.25, 0.3) is 0 Å². The number of benzene rings is 1. The van der Waals surface area contributed by atoms with E-state index in [1.165, 1.54) is 18.9 Å². The minimum absolute atomic E-state index is 0.0527. The SMILES string of the molecule is CCCCCN(C)C(c1ccccc1F)C(C)N. The highest BCUT2D eigenvalue weighted by Crippen LogP contribution is 2.25. The van der Waals surface area contributed by atoms with Crippen molar-refractivity contribution >= 4 is 0 Å². The van der Waals surface area contributed by atoms with Gasteiger partial charge in [0.05, 0.1) is 6.04 Å². The summed E-state index contributed by atoms with van der Waals surface area (Å²) < 4.78 is 13.9. The quantitative estimate of drug-likeness (QED) is 0.754. The predicted octanol–water partition coefficient (Wildman–Crippen LogP) is 3.34. The Hall–Kier alpha value is -0.930. The number of likely N-dealkylation sites (N-methyl/N-ethyl adjacent to an activating group) is 1. The molecule has 1 aromatic carbocycles. The minimum atomic E-state index is -0.165. The molecule has 0 heterocycles. The van der Waals surface area contributed by atoms with Crippen LogP contribution in [-0.4, -0.2) is 24.5 Å². The van der Waals surface area contributed by atoms with Crippen molar-refractivity contribution in [2.24, 2.45) is 5.73 Å². The zero-order valence-electron chi connectivity index (χ0n) is 11.7. The third-order valence-electron chi connectivity index (χ3n) is 3.31. The van der Waals surface area contributed by atoms with Gasteiger partial charge in [-0.3, -0.25) is 4.90 Å². The Morgan fingerprint density at radius 3 is 2.50 bits per heavy atom. The van der Waals surface area contributed by atoms with Crippen LogP contribution in [0.4, 0.5) is 4.39 Å². The molecule has 0 saturated carbocycles. The Labute approximate surface area is 110 Å². The minimum Gasteiger partial charge on any atom is -0.326 e. The molecule has 0 amide bonds. The summed E-state index contributed by atoms with van der Waals surface area (Å²) >= 11 is 0. The lowest BCUT2D eigenvalue weighted by Gasteiger charge is -2.31. The van der Waals surface area contributed by atoms with E-state index in [0.717, 1.165) is 13.0 Å². The lowest BCUT2D eigenvalue weighted by Crippen LogP contribution is -2.38. The van der Waals surface area contributed by atoms with Gasteiger partial charge in [-0.25, -0.2) is 4.39 Å². The van der Waals surface area contributed by atoms with Gasteiger partial charge in [-0.1, -0.05) is 38.0 Å². The molecule has 2 N–H and O–H groups in total. The van der Waals surface area contributed by atoms with E-state index in [4.69, 9.17) is 5.73 Å². The van der Waals surface area contributed by atoms with Crippen molar-refractivity contribution in [1.29, 1.82) is 0 Å². The fraction of sp³-hybridized carbons (Fsp3) is 0.600. The molecule has 2 unspecified atom stereocenters. The van der Waals surface area contributed by atoms with Crippen molar-refractivity contribution in [3.63, 3.8) is 0 Å². The summed E-state index contributed by atoms with van der Waals surface area (Å²) in [5.41, 5.74) is 6.73. The Morgan fingerprint density at radius 1 is 1.28 bits per heavy atom. The van der Waals surface area contributed by atoms with Crippen LogP contribution < -0.4 is 5.73 Å². The first-order chi connectivity index (χ1) is 8.57. The largest absolute Gasteiger partial charge is 0.326 e. The second-order valence-electron chi connectivity index (χ2n) is 5.01. The highest BCUT2D eigenvalue weighted by molar-refractivity contribution is 5.22. The van der Waals surface area contributed by atoms with Crippen molar-refractivity contribution in [3.05, 3.63) is 35.6 Å². The van der Waals surface area contributed by atoms with Crippen LogP contribution in [0.3, 0.4) is 0 Å². The standard InChI is InChI=1S/C15H25FN2/c1-4-5-8-11-18(3)15(12(2)17)13-9-6-7-10-14(13)16/h6-7,9-10,12,15H,4-5,8,11,17H2,1-3H3. The monoisotopic (exact) mass is 252 g/mol. The van der Waals surface area contributed by atoms with E-state index >= 15 is 0 Å². The van der Waals surface area contributed by atoms with Crippen LogP contribution in [0.2, 0.25) is 0 Å². The van der Waals surface area contributed by atoms with Gasteiger partial charge in [0.25, 0.3) is 0 Å². The zero-order chi connectivity index (χ0) is 13.5. The number of hydrogen-bond acceptors (Lipinski definition) is 2. The summed E-state index contributed by atoms with van der Waals surface area (Å²) in [6.07, 6.45) is 3.52. The number of halogens is 1. The molecule has 0 saturated heterocycles. The number of unbranched alkanes of at least 4 members (excludes halogenated alkanes) is 2. The van der Waals surface area contributed by atoms with Gasteiger partial charge >= 0.3 is 0 Å². The summed E-state index contributed by atoms with van der Waals surface area (Å²) in [4.78, 5) is 2.17. The normalized spacial score (nSPS) is 14.8. The maximum atomic E-state index is 13.9. The topological polar surface area (TPSA) is 29.3 Å². The summed E-state index contributed by atoms with van der Waals surface area (Å²) in [6.45, 7) is 5.07. The highest BCUT2D eigenvalue weighted by atomic mass is 19.1. The predicted molar refractivity (Wildman–Crippen MR) is 74.9 cm³/mol. The fourth-order valence-corrected chi connectivity index (χ4v) is 2.39. The number of rotatable bonds is 7. The van der Waals surface area contributed by atoms with Gasteiger partial charge in [0.2, 0.25) is 0 Å². The molecule has 102 valence electrons. The molecule has 1 aromatic rings. The molecule has 0 fully saturated rings. The number of nitrogens with two attached hydrogens (primary N) is 1. The lowest BCUT2D eigenvalue weighted by atomic mass is 9.98. The van der Waals surface area contributed by atoms with Crippen LogP contribution in [0.15, 0.2) is 24.3 Å². The Bertz CT molecular complexity index is 352. The van der Waals surface area contributed by atoms with Gasteiger partial charge in [-0.05, 0) is 33.0 Å². The van der Waals surface area contributed by atoms with Crippen molar-refractivity contribution in [2.75, 3.05) is 13.6 Å². The molecule has 0 bridgehead atoms. The molecule has 0 aliphatic heterocycles. The van der Waals surface area contributed by atoms with Gasteiger partial charge in [0.15, 0.2) is 0 Å². The highest BCUT2D eigenvalue weighted by Gasteiger charge is 2.23. The van der Waals surface area contributed by atoms with E-state index in [9.17, 15) is 4.39 Å². The second-order valence-corrected chi connectivity index (χ2v) is 5.01. The van der Waals surface area contributed by atoms with Crippen LogP contribution in [0, 0.1) is 5.82 Å². The first-order valence-electron chi connectivity index (χ1n) is 6.78. The van der Waals surface area contributed by atoms with E-state index in [0.29, 0.717) is 5.56 Å². The average Bonchev–Trinajstić information content (AvgIpc) is 2.32. The van der Waals surface area contributed by atoms with Gasteiger partial charge in [0, 0.05) is 11.6 Å². The maximum Gasteiger partial charge on any atom is 0.128 e. The van der Waals surface area contributed by atoms with Gasteiger partial charge in [-0.15, -0.1) is 0 Å². The molecular weight excluding hydrogens is 227 g/mol. The number of nitrogens with zero attached hydrogens (tertiary/aromatic N) is 1. The Morgan fingerprint density at radius 2 is 1.94 bits per heavy atom. The molecular formula is C15H25FN2. The fourth-order valence-electron chi connectivity index (χ4n) is 2.39. The molecule has 0 aliphatic rings. The molecule has 2 nitrogen and oxygen atoms in total.